The lowest BCUT2D eigenvalue weighted by molar-refractivity contribution is 0.0979. The van der Waals surface area contributed by atoms with E-state index in [9.17, 15) is 8.78 Å². The minimum Gasteiger partial charge on any atom is -0.326 e. The van der Waals surface area contributed by atoms with Crippen molar-refractivity contribution in [2.24, 2.45) is 11.7 Å². The monoisotopic (exact) mass is 164 g/mol. The van der Waals surface area contributed by atoms with Crippen LogP contribution in [-0.4, -0.2) is 37.0 Å². The molecule has 66 valence electrons. The van der Waals surface area contributed by atoms with Crippen molar-refractivity contribution in [1.82, 2.24) is 4.90 Å². The van der Waals surface area contributed by atoms with Crippen molar-refractivity contribution >= 4 is 0 Å². The first-order valence-electron chi connectivity index (χ1n) is 3.85. The summed E-state index contributed by atoms with van der Waals surface area (Å²) in [6, 6.07) is 0.0775. The predicted octanol–water partition coefficient (Wildman–Crippen LogP) is 0.531. The van der Waals surface area contributed by atoms with Crippen LogP contribution in [-0.2, 0) is 0 Å². The Balaban J connectivity index is 2.29. The summed E-state index contributed by atoms with van der Waals surface area (Å²) in [6.45, 7) is 3.20. The Kier molecular flexibility index (Phi) is 2.78. The molecular weight excluding hydrogens is 150 g/mol. The van der Waals surface area contributed by atoms with Crippen molar-refractivity contribution in [3.63, 3.8) is 0 Å². The minimum absolute atomic E-state index is 0.0775. The van der Waals surface area contributed by atoms with Crippen molar-refractivity contribution < 1.29 is 8.78 Å². The van der Waals surface area contributed by atoms with E-state index >= 15 is 0 Å². The highest BCUT2D eigenvalue weighted by Crippen LogP contribution is 2.15. The third-order valence-corrected chi connectivity index (χ3v) is 2.14. The van der Waals surface area contributed by atoms with Crippen LogP contribution in [0.1, 0.15) is 6.92 Å². The molecule has 0 aliphatic carbocycles. The Hall–Kier alpha value is -0.220. The molecular formula is C7H14F2N2. The molecule has 1 fully saturated rings. The average molecular weight is 164 g/mol. The molecule has 1 aliphatic rings. The van der Waals surface area contributed by atoms with Gasteiger partial charge < -0.3 is 5.73 Å². The Morgan fingerprint density at radius 3 is 2.55 bits per heavy atom. The molecule has 1 aliphatic heterocycles. The molecule has 0 aromatic rings. The number of nitrogens with two attached hydrogens (primary N) is 1. The maximum Gasteiger partial charge on any atom is 0.251 e. The second-order valence-electron chi connectivity index (χ2n) is 3.25. The fraction of sp³-hybridized carbons (Fsp3) is 1.00. The first-order valence-corrected chi connectivity index (χ1v) is 3.85. The van der Waals surface area contributed by atoms with E-state index in [1.807, 2.05) is 6.92 Å². The molecule has 0 bridgehead atoms. The highest BCUT2D eigenvalue weighted by Gasteiger charge is 2.27. The van der Waals surface area contributed by atoms with Crippen molar-refractivity contribution in [3.8, 4) is 0 Å². The Bertz CT molecular complexity index is 117. The summed E-state index contributed by atoms with van der Waals surface area (Å²) in [5.41, 5.74) is 5.66. The summed E-state index contributed by atoms with van der Waals surface area (Å²) in [5, 5.41) is 0. The van der Waals surface area contributed by atoms with E-state index in [1.54, 1.807) is 4.90 Å². The zero-order valence-corrected chi connectivity index (χ0v) is 6.63. The molecule has 11 heavy (non-hydrogen) atoms. The summed E-state index contributed by atoms with van der Waals surface area (Å²) in [7, 11) is 0. The topological polar surface area (TPSA) is 29.3 Å². The van der Waals surface area contributed by atoms with Crippen molar-refractivity contribution in [2.45, 2.75) is 19.4 Å². The molecule has 4 heteroatoms. The minimum atomic E-state index is -2.23. The average Bonchev–Trinajstić information content (AvgIpc) is 2.10. The lowest BCUT2D eigenvalue weighted by atomic mass is 10.1. The van der Waals surface area contributed by atoms with Gasteiger partial charge in [-0.2, -0.15) is 0 Å². The van der Waals surface area contributed by atoms with Gasteiger partial charge in [0.2, 0.25) is 0 Å². The van der Waals surface area contributed by atoms with Gasteiger partial charge in [-0.05, 0) is 5.92 Å². The molecule has 0 amide bonds. The summed E-state index contributed by atoms with van der Waals surface area (Å²) in [4.78, 5) is 1.72. The van der Waals surface area contributed by atoms with E-state index in [-0.39, 0.29) is 12.6 Å². The van der Waals surface area contributed by atoms with E-state index in [2.05, 4.69) is 0 Å². The fourth-order valence-corrected chi connectivity index (χ4v) is 1.44. The van der Waals surface area contributed by atoms with Crippen LogP contribution in [0.2, 0.25) is 0 Å². The lowest BCUT2D eigenvalue weighted by Crippen LogP contribution is -2.30. The van der Waals surface area contributed by atoms with Crippen LogP contribution in [0.4, 0.5) is 8.78 Å². The molecule has 0 radical (unpaired) electrons. The van der Waals surface area contributed by atoms with Crippen LogP contribution >= 0.6 is 0 Å². The van der Waals surface area contributed by atoms with Crippen LogP contribution in [0.15, 0.2) is 0 Å². The van der Waals surface area contributed by atoms with Crippen molar-refractivity contribution in [1.29, 1.82) is 0 Å². The molecule has 2 unspecified atom stereocenters. The van der Waals surface area contributed by atoms with E-state index in [0.717, 1.165) is 0 Å². The highest BCUT2D eigenvalue weighted by molar-refractivity contribution is 4.83. The Morgan fingerprint density at radius 1 is 1.55 bits per heavy atom. The van der Waals surface area contributed by atoms with Crippen molar-refractivity contribution in [2.75, 3.05) is 19.6 Å². The first-order chi connectivity index (χ1) is 5.09. The SMILES string of the molecule is CC1CN(CC(F)F)CC1N. The van der Waals surface area contributed by atoms with Gasteiger partial charge in [0.25, 0.3) is 6.43 Å². The number of nitrogens with zero attached hydrogens (tertiary/aromatic N) is 1. The molecule has 0 saturated carbocycles. The zero-order valence-electron chi connectivity index (χ0n) is 6.63. The van der Waals surface area contributed by atoms with Gasteiger partial charge in [0.1, 0.15) is 0 Å². The van der Waals surface area contributed by atoms with Gasteiger partial charge >= 0.3 is 0 Å². The number of likely N-dealkylation sites (tertiary alicyclic amines) is 1. The lowest BCUT2D eigenvalue weighted by Gasteiger charge is -2.13. The largest absolute Gasteiger partial charge is 0.326 e. The maximum atomic E-state index is 11.9. The second-order valence-corrected chi connectivity index (χ2v) is 3.25. The smallest absolute Gasteiger partial charge is 0.251 e. The third kappa shape index (κ3) is 2.38. The van der Waals surface area contributed by atoms with Crippen LogP contribution in [0, 0.1) is 5.92 Å². The Morgan fingerprint density at radius 2 is 2.18 bits per heavy atom. The molecule has 2 N–H and O–H groups in total. The molecule has 0 aromatic heterocycles. The van der Waals surface area contributed by atoms with E-state index in [4.69, 9.17) is 5.73 Å². The molecule has 1 rings (SSSR count). The van der Waals surface area contributed by atoms with Gasteiger partial charge in [-0.25, -0.2) is 8.78 Å². The van der Waals surface area contributed by atoms with Gasteiger partial charge in [0.15, 0.2) is 0 Å². The fourth-order valence-electron chi connectivity index (χ4n) is 1.44. The van der Waals surface area contributed by atoms with Crippen LogP contribution in [0.25, 0.3) is 0 Å². The first kappa shape index (κ1) is 8.87. The number of halogens is 2. The number of rotatable bonds is 2. The van der Waals surface area contributed by atoms with E-state index < -0.39 is 6.43 Å². The molecule has 0 aromatic carbocycles. The van der Waals surface area contributed by atoms with Gasteiger partial charge in [0.05, 0.1) is 6.54 Å². The summed E-state index contributed by atoms with van der Waals surface area (Å²) < 4.78 is 23.7. The van der Waals surface area contributed by atoms with Gasteiger partial charge in [-0.15, -0.1) is 0 Å². The second kappa shape index (κ2) is 3.45. The van der Waals surface area contributed by atoms with Crippen LogP contribution in [0.3, 0.4) is 0 Å². The standard InChI is InChI=1S/C7H14F2N2/c1-5-2-11(3-6(5)10)4-7(8)9/h5-7H,2-4,10H2,1H3. The van der Waals surface area contributed by atoms with E-state index in [1.165, 1.54) is 0 Å². The highest BCUT2D eigenvalue weighted by atomic mass is 19.3. The van der Waals surface area contributed by atoms with Gasteiger partial charge in [-0.3, -0.25) is 4.90 Å². The third-order valence-electron chi connectivity index (χ3n) is 2.14. The van der Waals surface area contributed by atoms with Crippen LogP contribution < -0.4 is 5.73 Å². The summed E-state index contributed by atoms with van der Waals surface area (Å²) in [5.74, 6) is 0.355. The quantitative estimate of drug-likeness (QED) is 0.645. The maximum absolute atomic E-state index is 11.9. The Labute approximate surface area is 65.4 Å². The van der Waals surface area contributed by atoms with Gasteiger partial charge in [-0.1, -0.05) is 6.92 Å². The van der Waals surface area contributed by atoms with Gasteiger partial charge in [0, 0.05) is 19.1 Å². The predicted molar refractivity (Wildman–Crippen MR) is 39.6 cm³/mol. The molecule has 1 heterocycles. The summed E-state index contributed by atoms with van der Waals surface area (Å²) in [6.07, 6.45) is -2.23. The number of alkyl halides is 2. The van der Waals surface area contributed by atoms with E-state index in [0.29, 0.717) is 19.0 Å². The number of hydrogen-bond donors (Lipinski definition) is 1. The molecule has 0 spiro atoms. The normalized spacial score (nSPS) is 33.5. The molecule has 2 atom stereocenters. The zero-order chi connectivity index (χ0) is 8.43. The molecule has 1 saturated heterocycles. The summed E-state index contributed by atoms with van der Waals surface area (Å²) >= 11 is 0. The molecule has 2 nitrogen and oxygen atoms in total. The van der Waals surface area contributed by atoms with Crippen LogP contribution in [0.5, 0.6) is 0 Å². The van der Waals surface area contributed by atoms with Crippen molar-refractivity contribution in [3.05, 3.63) is 0 Å². The number of hydrogen-bond acceptors (Lipinski definition) is 2.